The van der Waals surface area contributed by atoms with E-state index in [-0.39, 0.29) is 64.5 Å². The summed E-state index contributed by atoms with van der Waals surface area (Å²) in [5.41, 5.74) is 6.93. The second-order valence-corrected chi connectivity index (χ2v) is 26.3. The molecule has 27 heteroatoms. The molecule has 8 amide bonds. The summed E-state index contributed by atoms with van der Waals surface area (Å²) in [6, 6.07) is 4.98. The van der Waals surface area contributed by atoms with Gasteiger partial charge in [0.1, 0.15) is 29.5 Å². The summed E-state index contributed by atoms with van der Waals surface area (Å²) in [5.74, 6) is -14.7. The zero-order valence-corrected chi connectivity index (χ0v) is 52.1. The van der Waals surface area contributed by atoms with Crippen molar-refractivity contribution in [2.75, 3.05) is 37.3 Å². The lowest BCUT2D eigenvalue weighted by atomic mass is 9.85. The highest BCUT2D eigenvalue weighted by atomic mass is 32.2. The largest absolute Gasteiger partial charge is 0.489 e. The van der Waals surface area contributed by atoms with Crippen molar-refractivity contribution in [1.29, 1.82) is 0 Å². The first-order valence-corrected chi connectivity index (χ1v) is 31.1. The van der Waals surface area contributed by atoms with Gasteiger partial charge in [0.05, 0.1) is 78.0 Å². The van der Waals surface area contributed by atoms with Gasteiger partial charge in [0.25, 0.3) is 0 Å². The quantitative estimate of drug-likeness (QED) is 0.0851. The molecular formula is C61H86N10O16S. The minimum absolute atomic E-state index is 0.00772. The number of benzene rings is 2. The second-order valence-electron chi connectivity index (χ2n) is 24.9. The molecule has 1 unspecified atom stereocenters. The Morgan fingerprint density at radius 3 is 2.12 bits per heavy atom. The van der Waals surface area contributed by atoms with Crippen molar-refractivity contribution in [1.82, 2.24) is 41.8 Å². The van der Waals surface area contributed by atoms with Crippen LogP contribution < -0.4 is 47.7 Å². The van der Waals surface area contributed by atoms with E-state index in [1.165, 1.54) is 6.92 Å². The van der Waals surface area contributed by atoms with Crippen LogP contribution in [0.3, 0.4) is 0 Å². The lowest BCUT2D eigenvalue weighted by Gasteiger charge is -2.32. The van der Waals surface area contributed by atoms with Crippen molar-refractivity contribution in [3.05, 3.63) is 53.6 Å². The van der Waals surface area contributed by atoms with Crippen LogP contribution in [0.5, 0.6) is 5.75 Å². The summed E-state index contributed by atoms with van der Waals surface area (Å²) >= 11 is 0. The summed E-state index contributed by atoms with van der Waals surface area (Å²) in [6.07, 6.45) is -5.72. The Kier molecular flexibility index (Phi) is 24.2. The standard InChI is InChI=1S/C61H86N10O16S/c1-10-31(4)53-58(84)64-24-50(79)66-43-29-88(86)59-41(40-16-15-39(23-42(40)67-59)87-28-34-11-13-37(14-12-34)65-55(81)32(5)17-46(75)52(30(2)3)70-61(7,8)9)18-35(56(82)63-25-51(80)68-53)19-47(76)54(33(6)48(77)27-72)69-57(83)44-22-38(73)26-71(44)60(85)36(20-45(43)74)21-49(62)78/h11-16,23,30-33,35-36,38,43-44,48,52-54,67,70,72-73,77H,10,17-22,24-29H2,1-9H3,(H2,62,78)(H,63,82)(H,64,84)(H,65,81)(H,66,79)(H,68,80)(H,69,83)/t31-,32+,33-,35+,36-,38+,43-,44-,48-,52-,53-,54-,88?/m0/s1. The number of hydrogen-bond donors (Lipinski definition) is 12. The van der Waals surface area contributed by atoms with Crippen LogP contribution in [0.4, 0.5) is 5.69 Å². The number of rotatable bonds is 17. The van der Waals surface area contributed by atoms with Gasteiger partial charge in [0.15, 0.2) is 17.3 Å². The van der Waals surface area contributed by atoms with Gasteiger partial charge in [-0.25, -0.2) is 0 Å². The van der Waals surface area contributed by atoms with E-state index in [2.05, 4.69) is 42.2 Å². The Balaban J connectivity index is 1.41. The van der Waals surface area contributed by atoms with Crippen LogP contribution in [0.1, 0.15) is 112 Å². The van der Waals surface area contributed by atoms with Crippen molar-refractivity contribution in [2.45, 2.75) is 167 Å². The molecule has 0 aliphatic carbocycles. The average Bonchev–Trinajstić information content (AvgIpc) is 3.91. The number of aromatic amines is 1. The van der Waals surface area contributed by atoms with Crippen LogP contribution in [-0.4, -0.2) is 174 Å². The van der Waals surface area contributed by atoms with Crippen molar-refractivity contribution in [3.63, 3.8) is 0 Å². The second kappa shape index (κ2) is 30.6. The number of H-pyrrole nitrogens is 1. The topological polar surface area (TPSA) is 404 Å². The number of primary amides is 1. The van der Waals surface area contributed by atoms with E-state index in [0.717, 1.165) is 4.90 Å². The maximum absolute atomic E-state index is 15.2. The number of hydrogen-bond acceptors (Lipinski definition) is 17. The minimum atomic E-state index is -2.38. The van der Waals surface area contributed by atoms with Crippen molar-refractivity contribution in [2.24, 2.45) is 41.2 Å². The van der Waals surface area contributed by atoms with Gasteiger partial charge in [-0.1, -0.05) is 60.1 Å². The van der Waals surface area contributed by atoms with Gasteiger partial charge >= 0.3 is 0 Å². The number of anilines is 1. The molecular weight excluding hydrogens is 1160 g/mol. The Morgan fingerprint density at radius 2 is 1.50 bits per heavy atom. The summed E-state index contributed by atoms with van der Waals surface area (Å²) in [5, 5.41) is 51.1. The third kappa shape index (κ3) is 18.6. The predicted molar refractivity (Wildman–Crippen MR) is 323 cm³/mol. The first-order chi connectivity index (χ1) is 41.4. The Morgan fingerprint density at radius 1 is 0.841 bits per heavy atom. The lowest BCUT2D eigenvalue weighted by Crippen LogP contribution is -2.56. The number of ketones is 3. The van der Waals surface area contributed by atoms with Crippen molar-refractivity contribution >= 4 is 92.0 Å². The number of nitrogens with one attached hydrogen (secondary N) is 8. The molecule has 0 radical (unpaired) electrons. The summed E-state index contributed by atoms with van der Waals surface area (Å²) in [4.78, 5) is 158. The number of aromatic nitrogens is 1. The SMILES string of the molecule is CC[C@H](C)[C@@H]1NC(=O)CNC(=O)[C@H]2CC(=O)[C@H]([C@@H](C)[C@@H](O)CO)NC(=O)[C@@H]3C[C@@H](O)CN3C(=O)[C@H](CC(N)=O)CC(=O)[C@H](CS(=O)c3[nH]c4cc(OCc5ccc(NC(=O)[C@H](C)CC(=O)[C@@H](NC(C)(C)C)C(C)C)cc5)ccc4c3C2)NC(=O)CNC1=O. The highest BCUT2D eigenvalue weighted by Gasteiger charge is 2.45. The maximum Gasteiger partial charge on any atom is 0.243 e. The van der Waals surface area contributed by atoms with E-state index in [1.54, 1.807) is 63.2 Å². The number of ether oxygens (including phenoxy) is 1. The van der Waals surface area contributed by atoms with Gasteiger partial charge in [-0.15, -0.1) is 0 Å². The molecule has 0 spiro atoms. The number of carbonyl (C=O) groups is 11. The van der Waals surface area contributed by atoms with E-state index >= 15 is 4.21 Å². The molecule has 2 aromatic carbocycles. The van der Waals surface area contributed by atoms with Gasteiger partial charge < -0.3 is 72.9 Å². The van der Waals surface area contributed by atoms with Gasteiger partial charge in [-0.05, 0) is 74.4 Å². The molecule has 2 bridgehead atoms. The third-order valence-electron chi connectivity index (χ3n) is 16.3. The Bertz CT molecular complexity index is 3130. The maximum atomic E-state index is 15.2. The van der Waals surface area contributed by atoms with E-state index < -0.39 is 193 Å². The molecule has 13 atom stereocenters. The fraction of sp³-hybridized carbons (Fsp3) is 0.590. The number of fused-ring (bicyclic) bond motifs is 5. The molecule has 3 aliphatic heterocycles. The molecule has 0 saturated carbocycles. The molecule has 3 aromatic rings. The van der Waals surface area contributed by atoms with E-state index in [4.69, 9.17) is 10.5 Å². The van der Waals surface area contributed by atoms with Crippen molar-refractivity contribution < 1.29 is 77.0 Å². The number of aliphatic hydroxyl groups excluding tert-OH is 3. The first kappa shape index (κ1) is 69.6. The minimum Gasteiger partial charge on any atom is -0.489 e. The molecule has 4 heterocycles. The van der Waals surface area contributed by atoms with Crippen molar-refractivity contribution in [3.8, 4) is 5.75 Å². The molecule has 13 N–H and O–H groups in total. The molecule has 3 aliphatic rings. The molecule has 1 saturated heterocycles. The summed E-state index contributed by atoms with van der Waals surface area (Å²) in [7, 11) is -2.38. The Labute approximate surface area is 513 Å². The van der Waals surface area contributed by atoms with E-state index in [1.807, 2.05) is 34.6 Å². The van der Waals surface area contributed by atoms with Crippen LogP contribution >= 0.6 is 0 Å². The number of amides is 8. The normalized spacial score (nSPS) is 25.0. The van der Waals surface area contributed by atoms with E-state index in [9.17, 15) is 68.1 Å². The number of nitrogens with two attached hydrogens (primary N) is 1. The lowest BCUT2D eigenvalue weighted by molar-refractivity contribution is -0.145. The number of Topliss-reactive ketones (excluding diaryl/α,β-unsaturated/α-hetero) is 3. The molecule has 88 heavy (non-hydrogen) atoms. The molecule has 482 valence electrons. The van der Waals surface area contributed by atoms with E-state index in [0.29, 0.717) is 23.1 Å². The summed E-state index contributed by atoms with van der Waals surface area (Å²) in [6.45, 7) is 13.5. The van der Waals surface area contributed by atoms with Gasteiger partial charge in [0.2, 0.25) is 47.3 Å². The molecule has 26 nitrogen and oxygen atoms in total. The molecule has 1 aromatic heterocycles. The zero-order chi connectivity index (χ0) is 65.1. The monoisotopic (exact) mass is 1250 g/mol. The Hall–Kier alpha value is -7.46. The van der Waals surface area contributed by atoms with Crippen LogP contribution in [-0.2, 0) is 76.6 Å². The zero-order valence-electron chi connectivity index (χ0n) is 51.3. The van der Waals surface area contributed by atoms with Crippen LogP contribution in [0, 0.1) is 35.5 Å². The number of nitrogens with zero attached hydrogens (tertiary/aromatic N) is 1. The highest BCUT2D eigenvalue weighted by molar-refractivity contribution is 7.85. The van der Waals surface area contributed by atoms with Crippen LogP contribution in [0.25, 0.3) is 10.9 Å². The fourth-order valence-corrected chi connectivity index (χ4v) is 12.5. The van der Waals surface area contributed by atoms with Gasteiger partial charge in [-0.2, -0.15) is 0 Å². The fourth-order valence-electron chi connectivity index (χ4n) is 11.1. The van der Waals surface area contributed by atoms with Crippen LogP contribution in [0.15, 0.2) is 47.5 Å². The van der Waals surface area contributed by atoms with Gasteiger partial charge in [0, 0.05) is 79.1 Å². The first-order valence-electron chi connectivity index (χ1n) is 29.8. The third-order valence-corrected chi connectivity index (χ3v) is 17.7. The smallest absolute Gasteiger partial charge is 0.243 e. The average molecular weight is 1250 g/mol. The number of carbonyl (C=O) groups excluding carboxylic acids is 11. The highest BCUT2D eigenvalue weighted by Crippen LogP contribution is 2.33. The summed E-state index contributed by atoms with van der Waals surface area (Å²) < 4.78 is 21.4. The predicted octanol–water partition coefficient (Wildman–Crippen LogP) is 0.0809. The van der Waals surface area contributed by atoms with Crippen LogP contribution in [0.2, 0.25) is 0 Å². The number of aliphatic hydroxyl groups is 3. The van der Waals surface area contributed by atoms with Gasteiger partial charge in [-0.3, -0.25) is 56.9 Å². The molecule has 1 fully saturated rings. The molecule has 6 rings (SSSR count).